The SMILES string of the molecule is O=C(O)C(=O)Cc1cc(OCc2ccccc2)ccc1[N+](=O)[O-]. The highest BCUT2D eigenvalue weighted by atomic mass is 16.6. The van der Waals surface area contributed by atoms with E-state index in [4.69, 9.17) is 9.84 Å². The number of ketones is 1. The smallest absolute Gasteiger partial charge is 0.372 e. The molecule has 0 bridgehead atoms. The molecule has 2 aromatic rings. The van der Waals surface area contributed by atoms with Crippen molar-refractivity contribution in [1.29, 1.82) is 0 Å². The van der Waals surface area contributed by atoms with Gasteiger partial charge in [0.25, 0.3) is 5.69 Å². The molecule has 0 unspecified atom stereocenters. The van der Waals surface area contributed by atoms with Gasteiger partial charge in [0.05, 0.1) is 4.92 Å². The molecule has 2 aromatic carbocycles. The molecule has 0 radical (unpaired) electrons. The van der Waals surface area contributed by atoms with Gasteiger partial charge in [-0.2, -0.15) is 0 Å². The van der Waals surface area contributed by atoms with Gasteiger partial charge in [-0.05, 0) is 17.7 Å². The van der Waals surface area contributed by atoms with Gasteiger partial charge in [-0.1, -0.05) is 30.3 Å². The Morgan fingerprint density at radius 2 is 1.83 bits per heavy atom. The van der Waals surface area contributed by atoms with Crippen LogP contribution in [0.5, 0.6) is 5.75 Å². The number of ether oxygens (including phenoxy) is 1. The number of rotatable bonds is 7. The minimum absolute atomic E-state index is 0.00737. The van der Waals surface area contributed by atoms with Crippen molar-refractivity contribution in [2.24, 2.45) is 0 Å². The molecule has 7 heteroatoms. The molecule has 0 fully saturated rings. The Hall–Kier alpha value is -3.22. The molecule has 0 atom stereocenters. The first-order chi connectivity index (χ1) is 11.0. The van der Waals surface area contributed by atoms with E-state index >= 15 is 0 Å². The van der Waals surface area contributed by atoms with E-state index < -0.39 is 23.1 Å². The number of benzene rings is 2. The number of aliphatic carboxylic acids is 1. The van der Waals surface area contributed by atoms with Crippen molar-refractivity contribution in [2.45, 2.75) is 13.0 Å². The number of carbonyl (C=O) groups is 2. The molecule has 0 saturated heterocycles. The second-order valence-electron chi connectivity index (χ2n) is 4.73. The van der Waals surface area contributed by atoms with Crippen LogP contribution < -0.4 is 4.74 Å². The summed E-state index contributed by atoms with van der Waals surface area (Å²) in [5.74, 6) is -2.42. The summed E-state index contributed by atoms with van der Waals surface area (Å²) in [6, 6.07) is 13.2. The van der Waals surface area contributed by atoms with E-state index in [1.54, 1.807) is 0 Å². The zero-order chi connectivity index (χ0) is 16.8. The summed E-state index contributed by atoms with van der Waals surface area (Å²) in [5, 5.41) is 19.6. The normalized spacial score (nSPS) is 10.1. The van der Waals surface area contributed by atoms with Crippen molar-refractivity contribution in [1.82, 2.24) is 0 Å². The van der Waals surface area contributed by atoms with Gasteiger partial charge in [0, 0.05) is 18.1 Å². The lowest BCUT2D eigenvalue weighted by Crippen LogP contribution is -2.16. The molecule has 0 amide bonds. The third-order valence-electron chi connectivity index (χ3n) is 3.09. The summed E-state index contributed by atoms with van der Waals surface area (Å²) in [4.78, 5) is 32.3. The monoisotopic (exact) mass is 315 g/mol. The topological polar surface area (TPSA) is 107 Å². The third-order valence-corrected chi connectivity index (χ3v) is 3.09. The fourth-order valence-corrected chi connectivity index (χ4v) is 1.96. The number of hydrogen-bond acceptors (Lipinski definition) is 5. The highest BCUT2D eigenvalue weighted by Crippen LogP contribution is 2.25. The van der Waals surface area contributed by atoms with Crippen molar-refractivity contribution in [3.05, 3.63) is 69.8 Å². The van der Waals surface area contributed by atoms with E-state index in [1.807, 2.05) is 30.3 Å². The average Bonchev–Trinajstić information content (AvgIpc) is 2.53. The van der Waals surface area contributed by atoms with Crippen molar-refractivity contribution < 1.29 is 24.4 Å². The van der Waals surface area contributed by atoms with Gasteiger partial charge < -0.3 is 9.84 Å². The summed E-state index contributed by atoms with van der Waals surface area (Å²) in [5.41, 5.74) is 0.605. The Balaban J connectivity index is 2.19. The summed E-state index contributed by atoms with van der Waals surface area (Å²) in [6.45, 7) is 0.255. The Kier molecular flexibility index (Phi) is 5.03. The van der Waals surface area contributed by atoms with E-state index in [0.717, 1.165) is 5.56 Å². The maximum Gasteiger partial charge on any atom is 0.372 e. The summed E-state index contributed by atoms with van der Waals surface area (Å²) in [7, 11) is 0. The molecule has 23 heavy (non-hydrogen) atoms. The lowest BCUT2D eigenvalue weighted by atomic mass is 10.1. The molecule has 0 saturated carbocycles. The fourth-order valence-electron chi connectivity index (χ4n) is 1.96. The number of hydrogen-bond donors (Lipinski definition) is 1. The van der Waals surface area contributed by atoms with Gasteiger partial charge in [0.1, 0.15) is 12.4 Å². The zero-order valence-electron chi connectivity index (χ0n) is 12.0. The molecule has 1 N–H and O–H groups in total. The predicted octanol–water partition coefficient (Wildman–Crippen LogP) is 2.37. The number of nitrogens with zero attached hydrogens (tertiary/aromatic N) is 1. The number of nitro groups is 1. The van der Waals surface area contributed by atoms with Gasteiger partial charge in [-0.25, -0.2) is 4.79 Å². The van der Waals surface area contributed by atoms with Gasteiger partial charge in [0.15, 0.2) is 0 Å². The number of nitro benzene ring substituents is 1. The minimum Gasteiger partial charge on any atom is -0.489 e. The summed E-state index contributed by atoms with van der Waals surface area (Å²) >= 11 is 0. The van der Waals surface area contributed by atoms with E-state index in [0.29, 0.717) is 5.75 Å². The van der Waals surface area contributed by atoms with Crippen LogP contribution >= 0.6 is 0 Å². The van der Waals surface area contributed by atoms with Crippen LogP contribution in [0.15, 0.2) is 48.5 Å². The zero-order valence-corrected chi connectivity index (χ0v) is 12.0. The second kappa shape index (κ2) is 7.17. The fraction of sp³-hybridized carbons (Fsp3) is 0.125. The standard InChI is InChI=1S/C16H13NO6/c18-15(16(19)20)9-12-8-13(6-7-14(12)17(21)22)23-10-11-4-2-1-3-5-11/h1-8H,9-10H2,(H,19,20). The molecule has 0 spiro atoms. The molecule has 0 heterocycles. The molecule has 0 aliphatic heterocycles. The maximum absolute atomic E-state index is 11.3. The van der Waals surface area contributed by atoms with Gasteiger partial charge in [-0.3, -0.25) is 14.9 Å². The number of carboxylic acids is 1. The van der Waals surface area contributed by atoms with Crippen molar-refractivity contribution in [3.8, 4) is 5.75 Å². The van der Waals surface area contributed by atoms with Crippen LogP contribution in [0.3, 0.4) is 0 Å². The van der Waals surface area contributed by atoms with Crippen LogP contribution in [0.2, 0.25) is 0 Å². The van der Waals surface area contributed by atoms with Crippen molar-refractivity contribution >= 4 is 17.4 Å². The minimum atomic E-state index is -1.63. The van der Waals surface area contributed by atoms with Gasteiger partial charge >= 0.3 is 5.97 Å². The van der Waals surface area contributed by atoms with Crippen LogP contribution in [0.25, 0.3) is 0 Å². The second-order valence-corrected chi connectivity index (χ2v) is 4.73. The van der Waals surface area contributed by atoms with Crippen LogP contribution in [-0.2, 0) is 22.6 Å². The van der Waals surface area contributed by atoms with Crippen LogP contribution in [-0.4, -0.2) is 21.8 Å². The maximum atomic E-state index is 11.3. The average molecular weight is 315 g/mol. The Morgan fingerprint density at radius 1 is 1.13 bits per heavy atom. The van der Waals surface area contributed by atoms with Gasteiger partial charge in [-0.15, -0.1) is 0 Å². The first kappa shape index (κ1) is 16.2. The summed E-state index contributed by atoms with van der Waals surface area (Å²) < 4.78 is 5.53. The van der Waals surface area contributed by atoms with E-state index in [-0.39, 0.29) is 17.9 Å². The van der Waals surface area contributed by atoms with Crippen molar-refractivity contribution in [3.63, 3.8) is 0 Å². The van der Waals surface area contributed by atoms with E-state index in [2.05, 4.69) is 0 Å². The number of Topliss-reactive ketones (excluding diaryl/α,β-unsaturated/α-hetero) is 1. The largest absolute Gasteiger partial charge is 0.489 e. The Morgan fingerprint density at radius 3 is 2.43 bits per heavy atom. The lowest BCUT2D eigenvalue weighted by molar-refractivity contribution is -0.385. The van der Waals surface area contributed by atoms with Crippen molar-refractivity contribution in [2.75, 3.05) is 0 Å². The van der Waals surface area contributed by atoms with Crippen LogP contribution in [0.4, 0.5) is 5.69 Å². The quantitative estimate of drug-likeness (QED) is 0.477. The third kappa shape index (κ3) is 4.37. The van der Waals surface area contributed by atoms with Crippen LogP contribution in [0.1, 0.15) is 11.1 Å². The van der Waals surface area contributed by atoms with E-state index in [1.165, 1.54) is 18.2 Å². The molecule has 7 nitrogen and oxygen atoms in total. The highest BCUT2D eigenvalue weighted by molar-refractivity contribution is 6.33. The Labute approximate surface area is 131 Å². The van der Waals surface area contributed by atoms with Gasteiger partial charge in [0.2, 0.25) is 5.78 Å². The number of carboxylic acid groups (broad SMARTS) is 1. The molecule has 0 aliphatic carbocycles. The molecule has 0 aliphatic rings. The molecular weight excluding hydrogens is 302 g/mol. The van der Waals surface area contributed by atoms with Crippen LogP contribution in [0, 0.1) is 10.1 Å². The highest BCUT2D eigenvalue weighted by Gasteiger charge is 2.21. The molecular formula is C16H13NO6. The molecule has 2 rings (SSSR count). The lowest BCUT2D eigenvalue weighted by Gasteiger charge is -2.08. The summed E-state index contributed by atoms with van der Waals surface area (Å²) in [6.07, 6.45) is -0.561. The Bertz CT molecular complexity index is 741. The first-order valence-corrected chi connectivity index (χ1v) is 6.67. The predicted molar refractivity (Wildman–Crippen MR) is 80.2 cm³/mol. The molecule has 0 aromatic heterocycles. The molecule has 118 valence electrons. The first-order valence-electron chi connectivity index (χ1n) is 6.67. The van der Waals surface area contributed by atoms with E-state index in [9.17, 15) is 19.7 Å². The number of carbonyl (C=O) groups excluding carboxylic acids is 1.